The van der Waals surface area contributed by atoms with E-state index in [4.69, 9.17) is 11.6 Å². The molecule has 1 aliphatic rings. The van der Waals surface area contributed by atoms with Gasteiger partial charge in [0.15, 0.2) is 5.60 Å². The van der Waals surface area contributed by atoms with Crippen LogP contribution in [0.25, 0.3) is 0 Å². The molecule has 1 heterocycles. The number of hydrogen-bond donors (Lipinski definition) is 2. The number of nitrogens with zero attached hydrogens (tertiary/aromatic N) is 1. The lowest BCUT2D eigenvalue weighted by atomic mass is 9.91. The van der Waals surface area contributed by atoms with Gasteiger partial charge in [0.05, 0.1) is 0 Å². The van der Waals surface area contributed by atoms with Crippen molar-refractivity contribution in [1.82, 2.24) is 10.2 Å². The predicted octanol–water partition coefficient (Wildman–Crippen LogP) is 3.12. The lowest BCUT2D eigenvalue weighted by Crippen LogP contribution is -2.57. The highest BCUT2D eigenvalue weighted by Gasteiger charge is 2.41. The fraction of sp³-hybridized carbons (Fsp3) is 0.350. The average Bonchev–Trinajstić information content (AvgIpc) is 2.63. The van der Waals surface area contributed by atoms with Crippen molar-refractivity contribution in [2.75, 3.05) is 13.1 Å². The van der Waals surface area contributed by atoms with Crippen LogP contribution in [0.15, 0.2) is 48.5 Å². The van der Waals surface area contributed by atoms with Crippen LogP contribution in [-0.2, 0) is 17.9 Å². The maximum Gasteiger partial charge on any atom is 0.256 e. The summed E-state index contributed by atoms with van der Waals surface area (Å²) in [5, 5.41) is 14.7. The second kappa shape index (κ2) is 8.16. The van der Waals surface area contributed by atoms with Gasteiger partial charge in [-0.05, 0) is 48.2 Å². The summed E-state index contributed by atoms with van der Waals surface area (Å²) in [5.41, 5.74) is 0.465. The molecule has 1 amide bonds. The average molecular weight is 377 g/mol. The lowest BCUT2D eigenvalue weighted by molar-refractivity contribution is -0.157. The molecule has 2 aromatic carbocycles. The third kappa shape index (κ3) is 4.61. The van der Waals surface area contributed by atoms with E-state index >= 15 is 0 Å². The number of benzene rings is 2. The van der Waals surface area contributed by atoms with Gasteiger partial charge < -0.3 is 15.3 Å². The Balaban J connectivity index is 1.58. The van der Waals surface area contributed by atoms with E-state index in [0.717, 1.165) is 17.5 Å². The van der Waals surface area contributed by atoms with E-state index < -0.39 is 5.60 Å². The molecule has 1 atom stereocenters. The Kier molecular flexibility index (Phi) is 5.91. The molecule has 138 valence electrons. The molecule has 2 aromatic rings. The Morgan fingerprint density at radius 1 is 1.12 bits per heavy atom. The molecule has 1 saturated heterocycles. The van der Waals surface area contributed by atoms with Crippen LogP contribution in [-0.4, -0.2) is 34.6 Å². The molecule has 0 radical (unpaired) electrons. The second-order valence-electron chi connectivity index (χ2n) is 6.72. The highest BCUT2D eigenvalue weighted by molar-refractivity contribution is 6.30. The van der Waals surface area contributed by atoms with E-state index in [1.165, 1.54) is 12.1 Å². The van der Waals surface area contributed by atoms with Crippen LogP contribution in [0.1, 0.15) is 24.0 Å². The number of likely N-dealkylation sites (tertiary alicyclic amines) is 1. The van der Waals surface area contributed by atoms with Crippen LogP contribution in [0.5, 0.6) is 0 Å². The van der Waals surface area contributed by atoms with E-state index in [1.54, 1.807) is 17.0 Å². The molecule has 2 N–H and O–H groups in total. The molecule has 0 spiro atoms. The maximum absolute atomic E-state index is 13.0. The number of hydrogen-bond acceptors (Lipinski definition) is 3. The Morgan fingerprint density at radius 3 is 2.46 bits per heavy atom. The molecular formula is C20H22ClFN2O2. The number of carbonyl (C=O) groups excluding carboxylic acids is 1. The van der Waals surface area contributed by atoms with Gasteiger partial charge in [-0.25, -0.2) is 4.39 Å². The number of amides is 1. The van der Waals surface area contributed by atoms with E-state index in [9.17, 15) is 14.3 Å². The summed E-state index contributed by atoms with van der Waals surface area (Å²) in [6.07, 6.45) is 1.16. The number of rotatable bonds is 6. The third-order valence-corrected chi connectivity index (χ3v) is 4.90. The van der Waals surface area contributed by atoms with E-state index in [-0.39, 0.29) is 18.3 Å². The Hall–Kier alpha value is -1.95. The first-order chi connectivity index (χ1) is 12.5. The van der Waals surface area contributed by atoms with Crippen LogP contribution in [0.2, 0.25) is 5.02 Å². The topological polar surface area (TPSA) is 52.6 Å². The zero-order valence-electron chi connectivity index (χ0n) is 14.4. The minimum absolute atomic E-state index is 0.189. The van der Waals surface area contributed by atoms with Crippen LogP contribution in [0.3, 0.4) is 0 Å². The number of halogens is 2. The second-order valence-corrected chi connectivity index (χ2v) is 7.15. The molecule has 26 heavy (non-hydrogen) atoms. The van der Waals surface area contributed by atoms with E-state index in [0.29, 0.717) is 31.1 Å². The van der Waals surface area contributed by atoms with Crippen LogP contribution >= 0.6 is 11.6 Å². The number of carbonyl (C=O) groups is 1. The highest BCUT2D eigenvalue weighted by atomic mass is 35.5. The molecular weight excluding hydrogens is 355 g/mol. The van der Waals surface area contributed by atoms with Crippen molar-refractivity contribution in [3.63, 3.8) is 0 Å². The standard InChI is InChI=1S/C20H22ClFN2O2/c21-17-6-2-15(3-7-17)12-23-14-20(26)10-1-11-24(19(20)25)13-16-4-8-18(22)9-5-16/h2-9,23,26H,1,10-14H2. The van der Waals surface area contributed by atoms with Crippen molar-refractivity contribution in [3.05, 3.63) is 70.5 Å². The van der Waals surface area contributed by atoms with Crippen molar-refractivity contribution < 1.29 is 14.3 Å². The van der Waals surface area contributed by atoms with Gasteiger partial charge in [-0.3, -0.25) is 4.79 Å². The van der Waals surface area contributed by atoms with Gasteiger partial charge in [-0.15, -0.1) is 0 Å². The Morgan fingerprint density at radius 2 is 1.77 bits per heavy atom. The molecule has 0 bridgehead atoms. The van der Waals surface area contributed by atoms with Crippen molar-refractivity contribution in [1.29, 1.82) is 0 Å². The van der Waals surface area contributed by atoms with Gasteiger partial charge in [-0.2, -0.15) is 0 Å². The molecule has 3 rings (SSSR count). The fourth-order valence-corrected chi connectivity index (χ4v) is 3.33. The number of aliphatic hydroxyl groups is 1. The van der Waals surface area contributed by atoms with Gasteiger partial charge in [-0.1, -0.05) is 35.9 Å². The minimum atomic E-state index is -1.41. The molecule has 0 saturated carbocycles. The molecule has 1 aliphatic heterocycles. The zero-order valence-corrected chi connectivity index (χ0v) is 15.2. The lowest BCUT2D eigenvalue weighted by Gasteiger charge is -2.38. The summed E-state index contributed by atoms with van der Waals surface area (Å²) < 4.78 is 13.0. The molecule has 0 aromatic heterocycles. The van der Waals surface area contributed by atoms with E-state index in [2.05, 4.69) is 5.32 Å². The summed E-state index contributed by atoms with van der Waals surface area (Å²) >= 11 is 5.87. The fourth-order valence-electron chi connectivity index (χ4n) is 3.21. The summed E-state index contributed by atoms with van der Waals surface area (Å²) in [7, 11) is 0. The zero-order chi connectivity index (χ0) is 18.6. The summed E-state index contributed by atoms with van der Waals surface area (Å²) in [4.78, 5) is 14.4. The minimum Gasteiger partial charge on any atom is -0.379 e. The number of nitrogens with one attached hydrogen (secondary N) is 1. The van der Waals surface area contributed by atoms with E-state index in [1.807, 2.05) is 24.3 Å². The van der Waals surface area contributed by atoms with Crippen LogP contribution in [0, 0.1) is 5.82 Å². The van der Waals surface area contributed by atoms with Crippen molar-refractivity contribution >= 4 is 17.5 Å². The van der Waals surface area contributed by atoms with Gasteiger partial charge in [0.1, 0.15) is 5.82 Å². The largest absolute Gasteiger partial charge is 0.379 e. The summed E-state index contributed by atoms with van der Waals surface area (Å²) in [6.45, 7) is 1.70. The highest BCUT2D eigenvalue weighted by Crippen LogP contribution is 2.24. The van der Waals surface area contributed by atoms with Crippen molar-refractivity contribution in [2.24, 2.45) is 0 Å². The normalized spacial score (nSPS) is 20.4. The van der Waals surface area contributed by atoms with Gasteiger partial charge in [0.25, 0.3) is 5.91 Å². The monoisotopic (exact) mass is 376 g/mol. The smallest absolute Gasteiger partial charge is 0.256 e. The molecule has 6 heteroatoms. The molecule has 1 unspecified atom stereocenters. The molecule has 0 aliphatic carbocycles. The maximum atomic E-state index is 13.0. The van der Waals surface area contributed by atoms with Crippen molar-refractivity contribution in [3.8, 4) is 0 Å². The third-order valence-electron chi connectivity index (χ3n) is 4.65. The summed E-state index contributed by atoms with van der Waals surface area (Å²) in [5.74, 6) is -0.585. The first kappa shape index (κ1) is 18.8. The van der Waals surface area contributed by atoms with Crippen LogP contribution in [0.4, 0.5) is 4.39 Å². The Labute approximate surface area is 157 Å². The quantitative estimate of drug-likeness (QED) is 0.814. The van der Waals surface area contributed by atoms with Crippen LogP contribution < -0.4 is 5.32 Å². The summed E-state index contributed by atoms with van der Waals surface area (Å²) in [6, 6.07) is 13.5. The predicted molar refractivity (Wildman–Crippen MR) is 99.2 cm³/mol. The van der Waals surface area contributed by atoms with Gasteiger partial charge in [0, 0.05) is 31.2 Å². The van der Waals surface area contributed by atoms with Crippen molar-refractivity contribution in [2.45, 2.75) is 31.5 Å². The Bertz CT molecular complexity index is 751. The first-order valence-corrected chi connectivity index (χ1v) is 9.05. The molecule has 1 fully saturated rings. The van der Waals surface area contributed by atoms with Gasteiger partial charge >= 0.3 is 0 Å². The number of piperidine rings is 1. The van der Waals surface area contributed by atoms with Gasteiger partial charge in [0.2, 0.25) is 0 Å². The first-order valence-electron chi connectivity index (χ1n) is 8.68. The SMILES string of the molecule is O=C1N(Cc2ccc(F)cc2)CCCC1(O)CNCc1ccc(Cl)cc1. The molecule has 4 nitrogen and oxygen atoms in total.